The summed E-state index contributed by atoms with van der Waals surface area (Å²) in [5.41, 5.74) is 2.26. The molecular formula is C16H14N2O2S. The number of furan rings is 1. The predicted molar refractivity (Wildman–Crippen MR) is 81.3 cm³/mol. The Hall–Kier alpha value is -2.27. The molecule has 4 nitrogen and oxygen atoms in total. The van der Waals surface area contributed by atoms with E-state index < -0.39 is 0 Å². The summed E-state index contributed by atoms with van der Waals surface area (Å²) in [6, 6.07) is 11.7. The van der Waals surface area contributed by atoms with Gasteiger partial charge in [-0.2, -0.15) is 5.10 Å². The third kappa shape index (κ3) is 2.52. The van der Waals surface area contributed by atoms with Gasteiger partial charge in [-0.15, -0.1) is 0 Å². The summed E-state index contributed by atoms with van der Waals surface area (Å²) < 4.78 is 7.13. The predicted octanol–water partition coefficient (Wildman–Crippen LogP) is 4.05. The first-order valence-electron chi connectivity index (χ1n) is 6.53. The average Bonchev–Trinajstić information content (AvgIpc) is 3.04. The van der Waals surface area contributed by atoms with Crippen molar-refractivity contribution in [2.45, 2.75) is 23.8 Å². The average molecular weight is 298 g/mol. The highest BCUT2D eigenvalue weighted by Crippen LogP contribution is 2.35. The molecule has 0 fully saturated rings. The van der Waals surface area contributed by atoms with Gasteiger partial charge < -0.3 is 4.42 Å². The number of para-hydroxylation sites is 1. The van der Waals surface area contributed by atoms with Gasteiger partial charge in [0.1, 0.15) is 10.8 Å². The van der Waals surface area contributed by atoms with Crippen LogP contribution in [0.25, 0.3) is 5.69 Å². The topological polar surface area (TPSA) is 48.0 Å². The van der Waals surface area contributed by atoms with E-state index in [9.17, 15) is 4.79 Å². The smallest absolute Gasteiger partial charge is 0.154 e. The van der Waals surface area contributed by atoms with Crippen molar-refractivity contribution in [1.82, 2.24) is 9.78 Å². The summed E-state index contributed by atoms with van der Waals surface area (Å²) in [6.45, 7) is 3.74. The van der Waals surface area contributed by atoms with Crippen molar-refractivity contribution in [3.05, 3.63) is 59.7 Å². The molecule has 2 aromatic heterocycles. The minimum absolute atomic E-state index is 0.615. The lowest BCUT2D eigenvalue weighted by Gasteiger charge is -2.07. The van der Waals surface area contributed by atoms with E-state index in [1.54, 1.807) is 10.9 Å². The van der Waals surface area contributed by atoms with Crippen molar-refractivity contribution in [2.24, 2.45) is 0 Å². The van der Waals surface area contributed by atoms with E-state index in [4.69, 9.17) is 4.42 Å². The standard InChI is InChI=1S/C16H14N2O2S/c1-11-14(10-19)16(21-15-8-9-20-12(15)2)18(17-11)13-6-4-3-5-7-13/h3-10H,1-2H3. The zero-order valence-electron chi connectivity index (χ0n) is 11.7. The van der Waals surface area contributed by atoms with Crippen molar-refractivity contribution >= 4 is 18.0 Å². The van der Waals surface area contributed by atoms with E-state index >= 15 is 0 Å². The van der Waals surface area contributed by atoms with Gasteiger partial charge in [0.2, 0.25) is 0 Å². The summed E-state index contributed by atoms with van der Waals surface area (Å²) in [4.78, 5) is 12.4. The monoisotopic (exact) mass is 298 g/mol. The number of aromatic nitrogens is 2. The van der Waals surface area contributed by atoms with Crippen LogP contribution < -0.4 is 0 Å². The number of carbonyl (C=O) groups is 1. The van der Waals surface area contributed by atoms with Crippen molar-refractivity contribution in [3.63, 3.8) is 0 Å². The van der Waals surface area contributed by atoms with E-state index in [-0.39, 0.29) is 0 Å². The van der Waals surface area contributed by atoms with Crippen LogP contribution in [0.1, 0.15) is 21.8 Å². The highest BCUT2D eigenvalue weighted by Gasteiger charge is 2.18. The summed E-state index contributed by atoms with van der Waals surface area (Å²) in [6.07, 6.45) is 2.51. The zero-order chi connectivity index (χ0) is 14.8. The Labute approximate surface area is 126 Å². The number of aldehydes is 1. The molecule has 1 aromatic carbocycles. The van der Waals surface area contributed by atoms with Crippen molar-refractivity contribution in [3.8, 4) is 5.69 Å². The first-order valence-corrected chi connectivity index (χ1v) is 7.34. The molecule has 0 unspecified atom stereocenters. The summed E-state index contributed by atoms with van der Waals surface area (Å²) >= 11 is 1.49. The third-order valence-corrected chi connectivity index (χ3v) is 4.43. The van der Waals surface area contributed by atoms with Gasteiger partial charge in [0, 0.05) is 0 Å². The molecule has 3 aromatic rings. The summed E-state index contributed by atoms with van der Waals surface area (Å²) in [5.74, 6) is 0.829. The van der Waals surface area contributed by atoms with Crippen molar-refractivity contribution in [2.75, 3.05) is 0 Å². The van der Waals surface area contributed by atoms with Gasteiger partial charge in [0.25, 0.3) is 0 Å². The maximum absolute atomic E-state index is 11.4. The van der Waals surface area contributed by atoms with Gasteiger partial charge in [-0.25, -0.2) is 4.68 Å². The second kappa shape index (κ2) is 5.61. The summed E-state index contributed by atoms with van der Waals surface area (Å²) in [5, 5.41) is 5.30. The van der Waals surface area contributed by atoms with Crippen LogP contribution in [0, 0.1) is 13.8 Å². The molecule has 2 heterocycles. The van der Waals surface area contributed by atoms with Crippen LogP contribution in [-0.4, -0.2) is 16.1 Å². The maximum Gasteiger partial charge on any atom is 0.154 e. The molecule has 0 radical (unpaired) electrons. The number of rotatable bonds is 4. The van der Waals surface area contributed by atoms with E-state index in [0.29, 0.717) is 5.56 Å². The molecule has 0 spiro atoms. The van der Waals surface area contributed by atoms with E-state index in [0.717, 1.165) is 33.3 Å². The lowest BCUT2D eigenvalue weighted by molar-refractivity contribution is 0.112. The van der Waals surface area contributed by atoms with E-state index in [1.807, 2.05) is 50.2 Å². The molecule has 21 heavy (non-hydrogen) atoms. The van der Waals surface area contributed by atoms with Crippen LogP contribution in [0.5, 0.6) is 0 Å². The molecule has 0 N–H and O–H groups in total. The number of hydrogen-bond acceptors (Lipinski definition) is 4. The Morgan fingerprint density at radius 3 is 2.57 bits per heavy atom. The molecule has 0 aliphatic carbocycles. The number of nitrogens with zero attached hydrogens (tertiary/aromatic N) is 2. The van der Waals surface area contributed by atoms with Gasteiger partial charge in [0.15, 0.2) is 6.29 Å². The van der Waals surface area contributed by atoms with Crippen LogP contribution in [0.3, 0.4) is 0 Å². The molecule has 0 amide bonds. The Morgan fingerprint density at radius 1 is 1.19 bits per heavy atom. The largest absolute Gasteiger partial charge is 0.468 e. The van der Waals surface area contributed by atoms with Crippen LogP contribution >= 0.6 is 11.8 Å². The fourth-order valence-corrected chi connectivity index (χ4v) is 3.14. The highest BCUT2D eigenvalue weighted by molar-refractivity contribution is 7.99. The minimum atomic E-state index is 0.615. The molecular weight excluding hydrogens is 284 g/mol. The third-order valence-electron chi connectivity index (χ3n) is 3.20. The van der Waals surface area contributed by atoms with Gasteiger partial charge in [-0.3, -0.25) is 4.79 Å². The molecule has 0 atom stereocenters. The number of aryl methyl sites for hydroxylation is 2. The van der Waals surface area contributed by atoms with Crippen LogP contribution in [-0.2, 0) is 0 Å². The highest BCUT2D eigenvalue weighted by atomic mass is 32.2. The minimum Gasteiger partial charge on any atom is -0.468 e. The second-order valence-corrected chi connectivity index (χ2v) is 5.64. The number of benzene rings is 1. The lowest BCUT2D eigenvalue weighted by Crippen LogP contribution is -1.98. The molecule has 0 saturated heterocycles. The zero-order valence-corrected chi connectivity index (χ0v) is 12.6. The Kier molecular flexibility index (Phi) is 3.66. The lowest BCUT2D eigenvalue weighted by atomic mass is 10.3. The SMILES string of the molecule is Cc1nn(-c2ccccc2)c(Sc2ccoc2C)c1C=O. The molecule has 0 saturated carbocycles. The first-order chi connectivity index (χ1) is 10.2. The number of carbonyl (C=O) groups excluding carboxylic acids is 1. The van der Waals surface area contributed by atoms with E-state index in [1.165, 1.54) is 11.8 Å². The van der Waals surface area contributed by atoms with Gasteiger partial charge in [-0.1, -0.05) is 30.0 Å². The van der Waals surface area contributed by atoms with Crippen LogP contribution in [0.15, 0.2) is 57.0 Å². The molecule has 0 aliphatic rings. The van der Waals surface area contributed by atoms with Crippen LogP contribution in [0.4, 0.5) is 0 Å². The molecule has 0 aliphatic heterocycles. The fourth-order valence-electron chi connectivity index (χ4n) is 2.08. The van der Waals surface area contributed by atoms with Crippen molar-refractivity contribution in [1.29, 1.82) is 0 Å². The summed E-state index contributed by atoms with van der Waals surface area (Å²) in [7, 11) is 0. The molecule has 3 rings (SSSR count). The second-order valence-electron chi connectivity index (χ2n) is 4.61. The van der Waals surface area contributed by atoms with Gasteiger partial charge in [0.05, 0.1) is 28.1 Å². The van der Waals surface area contributed by atoms with Gasteiger partial charge >= 0.3 is 0 Å². The Morgan fingerprint density at radius 2 is 1.95 bits per heavy atom. The number of hydrogen-bond donors (Lipinski definition) is 0. The molecule has 0 bridgehead atoms. The molecule has 106 valence electrons. The maximum atomic E-state index is 11.4. The Bertz CT molecular complexity index is 775. The fraction of sp³-hybridized carbons (Fsp3) is 0.125. The van der Waals surface area contributed by atoms with Gasteiger partial charge in [-0.05, 0) is 32.0 Å². The molecule has 5 heteroatoms. The van der Waals surface area contributed by atoms with E-state index in [2.05, 4.69) is 5.10 Å². The van der Waals surface area contributed by atoms with Crippen LogP contribution in [0.2, 0.25) is 0 Å². The quantitative estimate of drug-likeness (QED) is 0.682. The van der Waals surface area contributed by atoms with Crippen molar-refractivity contribution < 1.29 is 9.21 Å². The normalized spacial score (nSPS) is 10.8. The Balaban J connectivity index is 2.13. The first kappa shape index (κ1) is 13.7.